The van der Waals surface area contributed by atoms with Crippen molar-refractivity contribution in [2.75, 3.05) is 0 Å². The average molecular weight is 372 g/mol. The van der Waals surface area contributed by atoms with Crippen LogP contribution >= 0.6 is 11.8 Å². The molecule has 1 saturated carbocycles. The van der Waals surface area contributed by atoms with Crippen LogP contribution in [0.15, 0.2) is 36.7 Å². The van der Waals surface area contributed by atoms with Crippen LogP contribution in [0.2, 0.25) is 0 Å². The van der Waals surface area contributed by atoms with Gasteiger partial charge in [0.1, 0.15) is 5.75 Å². The van der Waals surface area contributed by atoms with Crippen LogP contribution in [0, 0.1) is 0 Å². The van der Waals surface area contributed by atoms with Crippen LogP contribution in [0.5, 0.6) is 5.75 Å². The summed E-state index contributed by atoms with van der Waals surface area (Å²) in [7, 11) is 0. The van der Waals surface area contributed by atoms with Crippen molar-refractivity contribution in [3.05, 3.63) is 47.8 Å². The Labute approximate surface area is 163 Å². The first-order chi connectivity index (χ1) is 12.4. The molecule has 2 nitrogen and oxygen atoms in total. The van der Waals surface area contributed by atoms with Gasteiger partial charge >= 0.3 is 0 Å². The fourth-order valence-corrected chi connectivity index (χ4v) is 5.01. The maximum atomic E-state index is 10.9. The quantitative estimate of drug-likeness (QED) is 0.637. The van der Waals surface area contributed by atoms with Crippen LogP contribution in [-0.2, 0) is 11.2 Å². The summed E-state index contributed by atoms with van der Waals surface area (Å²) in [5.74, 6) is 1.34. The summed E-state index contributed by atoms with van der Waals surface area (Å²) in [5.41, 5.74) is 3.33. The molecule has 1 heterocycles. The van der Waals surface area contributed by atoms with Gasteiger partial charge in [0.15, 0.2) is 0 Å². The minimum Gasteiger partial charge on any atom is -0.505 e. The zero-order valence-corrected chi connectivity index (χ0v) is 17.3. The number of aromatic hydroxyl groups is 1. The summed E-state index contributed by atoms with van der Waals surface area (Å²) < 4.78 is 2.02. The van der Waals surface area contributed by atoms with E-state index in [1.54, 1.807) is 0 Å². The molecule has 3 heteroatoms. The molecule has 0 unspecified atom stereocenters. The highest BCUT2D eigenvalue weighted by Crippen LogP contribution is 2.37. The number of phenols is 1. The van der Waals surface area contributed by atoms with E-state index < -0.39 is 0 Å². The zero-order valence-electron chi connectivity index (χ0n) is 16.5. The second-order valence-corrected chi connectivity index (χ2v) is 9.91. The molecular formula is C23H33NOS. The molecular weight excluding hydrogens is 338 g/mol. The third-order valence-corrected chi connectivity index (χ3v) is 6.86. The van der Waals surface area contributed by atoms with Crippen molar-refractivity contribution in [2.45, 2.75) is 82.1 Å². The topological polar surface area (TPSA) is 25.2 Å². The molecule has 1 N–H and O–H groups in total. The van der Waals surface area contributed by atoms with E-state index in [0.29, 0.717) is 5.75 Å². The predicted octanol–water partition coefficient (Wildman–Crippen LogP) is 6.83. The first-order valence-electron chi connectivity index (χ1n) is 10.1. The molecule has 1 fully saturated rings. The Hall–Kier alpha value is -1.35. The molecule has 142 valence electrons. The van der Waals surface area contributed by atoms with Crippen molar-refractivity contribution in [2.24, 2.45) is 0 Å². The van der Waals surface area contributed by atoms with Crippen LogP contribution in [0.3, 0.4) is 0 Å². The number of hydrogen-bond acceptors (Lipinski definition) is 2. The van der Waals surface area contributed by atoms with Crippen molar-refractivity contribution < 1.29 is 5.11 Å². The molecule has 1 aromatic heterocycles. The number of aromatic nitrogens is 1. The van der Waals surface area contributed by atoms with E-state index in [0.717, 1.165) is 22.3 Å². The molecule has 0 amide bonds. The number of thioether (sulfide) groups is 1. The summed E-state index contributed by atoms with van der Waals surface area (Å²) in [6, 6.07) is 8.37. The van der Waals surface area contributed by atoms with Crippen LogP contribution in [0.25, 0.3) is 5.69 Å². The van der Waals surface area contributed by atoms with Crippen molar-refractivity contribution >= 4 is 11.8 Å². The van der Waals surface area contributed by atoms with Crippen molar-refractivity contribution in [1.29, 1.82) is 0 Å². The lowest BCUT2D eigenvalue weighted by atomic mass is 9.85. The summed E-state index contributed by atoms with van der Waals surface area (Å²) >= 11 is 2.04. The normalized spacial score (nSPS) is 17.0. The number of nitrogens with zero attached hydrogens (tertiary/aromatic N) is 1. The zero-order chi connectivity index (χ0) is 18.6. The third-order valence-electron chi connectivity index (χ3n) is 5.44. The van der Waals surface area contributed by atoms with Gasteiger partial charge in [-0.3, -0.25) is 0 Å². The molecule has 1 aromatic carbocycles. The second-order valence-electron chi connectivity index (χ2n) is 8.62. The van der Waals surface area contributed by atoms with Crippen molar-refractivity contribution in [1.82, 2.24) is 4.57 Å². The van der Waals surface area contributed by atoms with Gasteiger partial charge in [0.05, 0.1) is 5.69 Å². The molecule has 2 aromatic rings. The summed E-state index contributed by atoms with van der Waals surface area (Å²) in [6.07, 6.45) is 13.6. The van der Waals surface area contributed by atoms with Gasteiger partial charge < -0.3 is 9.67 Å². The van der Waals surface area contributed by atoms with Crippen LogP contribution in [0.1, 0.15) is 76.8 Å². The van der Waals surface area contributed by atoms with E-state index in [2.05, 4.69) is 32.9 Å². The van der Waals surface area contributed by atoms with E-state index in [9.17, 15) is 5.11 Å². The summed E-state index contributed by atoms with van der Waals surface area (Å²) in [6.45, 7) is 6.72. The first kappa shape index (κ1) is 19.4. The molecule has 1 aliphatic carbocycles. The highest BCUT2D eigenvalue weighted by molar-refractivity contribution is 7.99. The Morgan fingerprint density at radius 2 is 1.62 bits per heavy atom. The van der Waals surface area contributed by atoms with Gasteiger partial charge in [-0.15, -0.1) is 0 Å². The SMILES string of the molecule is CC(C)(C)c1cc(CSC2CCCCCCC2)c(O)c(-n2cccc2)c1. The lowest BCUT2D eigenvalue weighted by Gasteiger charge is -2.24. The van der Waals surface area contributed by atoms with Crippen molar-refractivity contribution in [3.8, 4) is 11.4 Å². The molecule has 0 bridgehead atoms. The number of hydrogen-bond donors (Lipinski definition) is 1. The van der Waals surface area contributed by atoms with Crippen LogP contribution in [0.4, 0.5) is 0 Å². The number of rotatable bonds is 4. The third kappa shape index (κ3) is 4.88. The van der Waals surface area contributed by atoms with E-state index in [1.165, 1.54) is 50.5 Å². The first-order valence-corrected chi connectivity index (χ1v) is 11.1. The van der Waals surface area contributed by atoms with Gasteiger partial charge in [-0.05, 0) is 42.0 Å². The molecule has 3 rings (SSSR count). The van der Waals surface area contributed by atoms with E-state index in [1.807, 2.05) is 40.9 Å². The van der Waals surface area contributed by atoms with Gasteiger partial charge in [-0.2, -0.15) is 11.8 Å². The fraction of sp³-hybridized carbons (Fsp3) is 0.565. The summed E-state index contributed by atoms with van der Waals surface area (Å²) in [5, 5.41) is 11.7. The van der Waals surface area contributed by atoms with Gasteiger partial charge in [-0.1, -0.05) is 58.9 Å². The molecule has 0 radical (unpaired) electrons. The molecule has 0 atom stereocenters. The fourth-order valence-electron chi connectivity index (χ4n) is 3.71. The summed E-state index contributed by atoms with van der Waals surface area (Å²) in [4.78, 5) is 0. The monoisotopic (exact) mass is 371 g/mol. The van der Waals surface area contributed by atoms with E-state index in [4.69, 9.17) is 0 Å². The largest absolute Gasteiger partial charge is 0.505 e. The van der Waals surface area contributed by atoms with Gasteiger partial charge in [-0.25, -0.2) is 0 Å². The van der Waals surface area contributed by atoms with Crippen molar-refractivity contribution in [3.63, 3.8) is 0 Å². The number of benzene rings is 1. The molecule has 0 aliphatic heterocycles. The number of phenolic OH excluding ortho intramolecular Hbond substituents is 1. The lowest BCUT2D eigenvalue weighted by Crippen LogP contribution is -2.13. The Morgan fingerprint density at radius 3 is 2.23 bits per heavy atom. The molecule has 0 saturated heterocycles. The Bertz CT molecular complexity index is 692. The molecule has 0 spiro atoms. The minimum absolute atomic E-state index is 0.0647. The predicted molar refractivity (Wildman–Crippen MR) is 114 cm³/mol. The molecule has 1 aliphatic rings. The Morgan fingerprint density at radius 1 is 1.00 bits per heavy atom. The van der Waals surface area contributed by atoms with Gasteiger partial charge in [0.2, 0.25) is 0 Å². The smallest absolute Gasteiger partial charge is 0.143 e. The van der Waals surface area contributed by atoms with Crippen LogP contribution < -0.4 is 0 Å². The standard InChI is InChI=1S/C23H33NOS/c1-23(2,3)19-15-18(17-26-20-11-7-5-4-6-8-12-20)22(25)21(16-19)24-13-9-10-14-24/h9-10,13-16,20,25H,4-8,11-12,17H2,1-3H3. The van der Waals surface area contributed by atoms with E-state index in [-0.39, 0.29) is 5.41 Å². The van der Waals surface area contributed by atoms with E-state index >= 15 is 0 Å². The Balaban J connectivity index is 1.84. The van der Waals surface area contributed by atoms with Crippen LogP contribution in [-0.4, -0.2) is 14.9 Å². The highest BCUT2D eigenvalue weighted by atomic mass is 32.2. The molecule has 26 heavy (non-hydrogen) atoms. The van der Waals surface area contributed by atoms with Gasteiger partial charge in [0.25, 0.3) is 0 Å². The van der Waals surface area contributed by atoms with Gasteiger partial charge in [0, 0.05) is 29.0 Å². The average Bonchev–Trinajstić information content (AvgIpc) is 3.08. The lowest BCUT2D eigenvalue weighted by molar-refractivity contribution is 0.466. The maximum absolute atomic E-state index is 10.9. The Kier molecular flexibility index (Phi) is 6.39. The second kappa shape index (κ2) is 8.56. The minimum atomic E-state index is 0.0647. The highest BCUT2D eigenvalue weighted by Gasteiger charge is 2.20. The maximum Gasteiger partial charge on any atom is 0.143 e.